The zero-order valence-corrected chi connectivity index (χ0v) is 17.2. The molecule has 0 bridgehead atoms. The van der Waals surface area contributed by atoms with Gasteiger partial charge in [-0.2, -0.15) is 10.2 Å². The Bertz CT molecular complexity index is 884. The van der Waals surface area contributed by atoms with Crippen LogP contribution in [-0.2, 0) is 20.0 Å². The Morgan fingerprint density at radius 1 is 1.11 bits per heavy atom. The highest BCUT2D eigenvalue weighted by Gasteiger charge is 2.17. The average Bonchev–Trinajstić information content (AvgIpc) is 3.35. The highest BCUT2D eigenvalue weighted by atomic mass is 35.5. The monoisotopic (exact) mass is 388 g/mol. The van der Waals surface area contributed by atoms with E-state index in [9.17, 15) is 0 Å². The second kappa shape index (κ2) is 8.30. The molecule has 4 rings (SSSR count). The summed E-state index contributed by atoms with van der Waals surface area (Å²) in [4.78, 5) is 4.39. The summed E-state index contributed by atoms with van der Waals surface area (Å²) in [6, 6.07) is 0.564. The molecule has 3 heterocycles. The standard InChI is InChI=1S/C20H28N6.ClH/c1-15-19(16(2)24(3)23-15)9-10-25-14-21-12-20(25)17-11-22-26(13-17)18-7-5-4-6-8-18;/h11-14,18H,4-10H2,1-3H3;1H. The fourth-order valence-corrected chi connectivity index (χ4v) is 4.17. The van der Waals surface area contributed by atoms with Gasteiger partial charge in [-0.25, -0.2) is 4.98 Å². The fraction of sp³-hybridized carbons (Fsp3) is 0.550. The third-order valence-electron chi connectivity index (χ3n) is 5.82. The molecule has 3 aromatic heterocycles. The van der Waals surface area contributed by atoms with Crippen molar-refractivity contribution in [3.8, 4) is 11.3 Å². The third kappa shape index (κ3) is 3.95. The van der Waals surface area contributed by atoms with E-state index in [0.717, 1.165) is 29.9 Å². The number of imidazole rings is 1. The second-order valence-corrected chi connectivity index (χ2v) is 7.50. The third-order valence-corrected chi connectivity index (χ3v) is 5.82. The molecule has 1 aliphatic rings. The number of rotatable bonds is 5. The van der Waals surface area contributed by atoms with Crippen LogP contribution in [0.2, 0.25) is 0 Å². The molecule has 0 radical (unpaired) electrons. The molecule has 1 saturated carbocycles. The van der Waals surface area contributed by atoms with Crippen LogP contribution in [0.15, 0.2) is 24.9 Å². The zero-order valence-electron chi connectivity index (χ0n) is 16.4. The van der Waals surface area contributed by atoms with E-state index in [4.69, 9.17) is 0 Å². The normalized spacial score (nSPS) is 15.1. The molecule has 6 nitrogen and oxygen atoms in total. The summed E-state index contributed by atoms with van der Waals surface area (Å²) in [7, 11) is 2.01. The van der Waals surface area contributed by atoms with Crippen molar-refractivity contribution in [2.24, 2.45) is 7.05 Å². The van der Waals surface area contributed by atoms with E-state index < -0.39 is 0 Å². The fourth-order valence-electron chi connectivity index (χ4n) is 4.17. The first-order chi connectivity index (χ1) is 12.6. The Balaban J connectivity index is 0.00000210. The van der Waals surface area contributed by atoms with Gasteiger partial charge in [0.05, 0.1) is 36.2 Å². The predicted octanol–water partition coefficient (Wildman–Crippen LogP) is 4.27. The summed E-state index contributed by atoms with van der Waals surface area (Å²) < 4.78 is 6.36. The molecule has 0 aliphatic heterocycles. The van der Waals surface area contributed by atoms with Crippen molar-refractivity contribution < 1.29 is 0 Å². The highest BCUT2D eigenvalue weighted by molar-refractivity contribution is 5.85. The second-order valence-electron chi connectivity index (χ2n) is 7.50. The maximum atomic E-state index is 4.65. The summed E-state index contributed by atoms with van der Waals surface area (Å²) in [6.45, 7) is 5.13. The van der Waals surface area contributed by atoms with Gasteiger partial charge in [0.1, 0.15) is 0 Å². The van der Waals surface area contributed by atoms with Crippen LogP contribution >= 0.6 is 12.4 Å². The van der Waals surface area contributed by atoms with Crippen LogP contribution in [0, 0.1) is 13.8 Å². The maximum Gasteiger partial charge on any atom is 0.0951 e. The summed E-state index contributed by atoms with van der Waals surface area (Å²) in [6.07, 6.45) is 15.5. The molecular formula is C20H29ClN6. The smallest absolute Gasteiger partial charge is 0.0951 e. The van der Waals surface area contributed by atoms with E-state index in [-0.39, 0.29) is 12.4 Å². The molecule has 27 heavy (non-hydrogen) atoms. The Morgan fingerprint density at radius 2 is 1.89 bits per heavy atom. The number of aryl methyl sites for hydroxylation is 3. The lowest BCUT2D eigenvalue weighted by molar-refractivity contribution is 0.329. The molecule has 7 heteroatoms. The van der Waals surface area contributed by atoms with Crippen LogP contribution in [0.3, 0.4) is 0 Å². The molecule has 1 fully saturated rings. The molecule has 0 amide bonds. The molecule has 0 aromatic carbocycles. The lowest BCUT2D eigenvalue weighted by Crippen LogP contribution is -2.12. The number of hydrogen-bond donors (Lipinski definition) is 0. The summed E-state index contributed by atoms with van der Waals surface area (Å²) in [5.74, 6) is 0. The molecule has 1 aliphatic carbocycles. The van der Waals surface area contributed by atoms with Gasteiger partial charge in [-0.1, -0.05) is 19.3 Å². The van der Waals surface area contributed by atoms with E-state index in [1.54, 1.807) is 0 Å². The average molecular weight is 389 g/mol. The van der Waals surface area contributed by atoms with Gasteiger partial charge in [0.25, 0.3) is 0 Å². The summed E-state index contributed by atoms with van der Waals surface area (Å²) in [5, 5.41) is 9.17. The molecular weight excluding hydrogens is 360 g/mol. The van der Waals surface area contributed by atoms with Gasteiger partial charge in [-0.15, -0.1) is 12.4 Å². The quantitative estimate of drug-likeness (QED) is 0.655. The zero-order chi connectivity index (χ0) is 18.1. The largest absolute Gasteiger partial charge is 0.330 e. The minimum absolute atomic E-state index is 0. The van der Waals surface area contributed by atoms with Gasteiger partial charge >= 0.3 is 0 Å². The van der Waals surface area contributed by atoms with Crippen molar-refractivity contribution in [3.63, 3.8) is 0 Å². The Morgan fingerprint density at radius 3 is 2.59 bits per heavy atom. The van der Waals surface area contributed by atoms with Gasteiger partial charge in [-0.05, 0) is 38.7 Å². The molecule has 0 saturated heterocycles. The van der Waals surface area contributed by atoms with Crippen LogP contribution in [0.25, 0.3) is 11.3 Å². The van der Waals surface area contributed by atoms with Gasteiger partial charge < -0.3 is 4.57 Å². The van der Waals surface area contributed by atoms with Crippen molar-refractivity contribution in [1.82, 2.24) is 29.1 Å². The van der Waals surface area contributed by atoms with Gasteiger partial charge in [0.2, 0.25) is 0 Å². The van der Waals surface area contributed by atoms with E-state index in [0.29, 0.717) is 6.04 Å². The van der Waals surface area contributed by atoms with Crippen molar-refractivity contribution in [1.29, 1.82) is 0 Å². The number of hydrogen-bond acceptors (Lipinski definition) is 3. The van der Waals surface area contributed by atoms with Gasteiger partial charge in [0, 0.05) is 31.0 Å². The SMILES string of the molecule is Cc1nn(C)c(C)c1CCn1cncc1-c1cnn(C2CCCCC2)c1.Cl. The maximum absolute atomic E-state index is 4.65. The van der Waals surface area contributed by atoms with Gasteiger partial charge in [-0.3, -0.25) is 9.36 Å². The Hall–Kier alpha value is -2.08. The topological polar surface area (TPSA) is 53.5 Å². The van der Waals surface area contributed by atoms with Crippen molar-refractivity contribution in [2.45, 2.75) is 65.0 Å². The van der Waals surface area contributed by atoms with Crippen LogP contribution in [-0.4, -0.2) is 29.1 Å². The Labute approximate surface area is 167 Å². The molecule has 0 atom stereocenters. The summed E-state index contributed by atoms with van der Waals surface area (Å²) >= 11 is 0. The van der Waals surface area contributed by atoms with Crippen LogP contribution in [0.4, 0.5) is 0 Å². The number of aromatic nitrogens is 6. The first-order valence-corrected chi connectivity index (χ1v) is 9.67. The number of nitrogens with zero attached hydrogens (tertiary/aromatic N) is 6. The van der Waals surface area contributed by atoms with Crippen molar-refractivity contribution >= 4 is 12.4 Å². The number of halogens is 1. The first-order valence-electron chi connectivity index (χ1n) is 9.67. The molecule has 0 unspecified atom stereocenters. The highest BCUT2D eigenvalue weighted by Crippen LogP contribution is 2.29. The molecule has 3 aromatic rings. The molecule has 0 spiro atoms. The molecule has 146 valence electrons. The minimum atomic E-state index is 0. The minimum Gasteiger partial charge on any atom is -0.330 e. The van der Waals surface area contributed by atoms with E-state index in [1.165, 1.54) is 43.4 Å². The van der Waals surface area contributed by atoms with Crippen LogP contribution < -0.4 is 0 Å². The van der Waals surface area contributed by atoms with Crippen molar-refractivity contribution in [3.05, 3.63) is 41.9 Å². The lowest BCUT2D eigenvalue weighted by Gasteiger charge is -2.21. The predicted molar refractivity (Wildman–Crippen MR) is 109 cm³/mol. The van der Waals surface area contributed by atoms with E-state index in [2.05, 4.69) is 44.5 Å². The first kappa shape index (κ1) is 19.7. The summed E-state index contributed by atoms with van der Waals surface area (Å²) in [5.41, 5.74) is 6.01. The lowest BCUT2D eigenvalue weighted by atomic mass is 9.96. The van der Waals surface area contributed by atoms with E-state index >= 15 is 0 Å². The van der Waals surface area contributed by atoms with E-state index in [1.807, 2.05) is 30.5 Å². The van der Waals surface area contributed by atoms with Crippen LogP contribution in [0.5, 0.6) is 0 Å². The van der Waals surface area contributed by atoms with Crippen molar-refractivity contribution in [2.75, 3.05) is 0 Å². The molecule has 0 N–H and O–H groups in total. The van der Waals surface area contributed by atoms with Gasteiger partial charge in [0.15, 0.2) is 0 Å². The Kier molecular flexibility index (Phi) is 6.05. The van der Waals surface area contributed by atoms with Crippen LogP contribution in [0.1, 0.15) is 55.1 Å².